The Balaban J connectivity index is 2.07. The molecule has 2 aliphatic rings. The first-order valence-corrected chi connectivity index (χ1v) is 9.45. The van der Waals surface area contributed by atoms with Gasteiger partial charge in [-0.2, -0.15) is 4.99 Å². The molecule has 0 spiro atoms. The molecule has 2 aliphatic heterocycles. The van der Waals surface area contributed by atoms with Crippen LogP contribution in [0.2, 0.25) is 5.02 Å². The summed E-state index contributed by atoms with van der Waals surface area (Å²) in [5, 5.41) is 0.934. The van der Waals surface area contributed by atoms with E-state index in [1.165, 1.54) is 18.7 Å². The highest BCUT2D eigenvalue weighted by Gasteiger charge is 2.49. The molecule has 5 nitrogen and oxygen atoms in total. The lowest BCUT2D eigenvalue weighted by molar-refractivity contribution is -0.115. The Bertz CT molecular complexity index is 733. The van der Waals surface area contributed by atoms with E-state index in [4.69, 9.17) is 11.6 Å². The molecular formula is C13H13ClN2O3S2. The van der Waals surface area contributed by atoms with Gasteiger partial charge in [0.25, 0.3) is 0 Å². The zero-order chi connectivity index (χ0) is 15.2. The van der Waals surface area contributed by atoms with Crippen LogP contribution in [0.5, 0.6) is 0 Å². The minimum atomic E-state index is -3.06. The molecule has 1 aromatic rings. The SMILES string of the molecule is CC(=O)N=C1S[C@H]2CS(=O)(=O)C[C@@H]2N1c1ccccc1Cl. The normalized spacial score (nSPS) is 28.9. The van der Waals surface area contributed by atoms with Gasteiger partial charge >= 0.3 is 0 Å². The lowest BCUT2D eigenvalue weighted by Crippen LogP contribution is -2.37. The van der Waals surface area contributed by atoms with Gasteiger partial charge in [0, 0.05) is 12.2 Å². The molecule has 0 unspecified atom stereocenters. The number of hydrogen-bond donors (Lipinski definition) is 0. The second-order valence-electron chi connectivity index (χ2n) is 5.04. The molecule has 8 heteroatoms. The molecule has 2 heterocycles. The fraction of sp³-hybridized carbons (Fsp3) is 0.385. The van der Waals surface area contributed by atoms with E-state index in [0.29, 0.717) is 15.9 Å². The van der Waals surface area contributed by atoms with Crippen molar-refractivity contribution >= 4 is 50.0 Å². The van der Waals surface area contributed by atoms with E-state index in [2.05, 4.69) is 4.99 Å². The standard InChI is InChI=1S/C13H13ClN2O3S2/c1-8(17)15-13-16(10-5-3-2-4-9(10)14)11-6-21(18,19)7-12(11)20-13/h2-5,11-12H,6-7H2,1H3/t11-,12-/m0/s1. The van der Waals surface area contributed by atoms with Gasteiger partial charge in [0.15, 0.2) is 15.0 Å². The molecule has 0 bridgehead atoms. The number of hydrogen-bond acceptors (Lipinski definition) is 4. The number of para-hydroxylation sites is 1. The van der Waals surface area contributed by atoms with Gasteiger partial charge in [-0.15, -0.1) is 0 Å². The molecule has 0 saturated carbocycles. The summed E-state index contributed by atoms with van der Waals surface area (Å²) >= 11 is 7.57. The smallest absolute Gasteiger partial charge is 0.244 e. The Labute approximate surface area is 132 Å². The number of halogens is 1. The van der Waals surface area contributed by atoms with E-state index >= 15 is 0 Å². The number of thioether (sulfide) groups is 1. The van der Waals surface area contributed by atoms with Crippen LogP contribution in [0.3, 0.4) is 0 Å². The van der Waals surface area contributed by atoms with Crippen molar-refractivity contribution in [2.24, 2.45) is 4.99 Å². The fourth-order valence-corrected chi connectivity index (χ4v) is 6.81. The van der Waals surface area contributed by atoms with Crippen molar-refractivity contribution in [3.05, 3.63) is 29.3 Å². The number of amidine groups is 1. The number of nitrogens with zero attached hydrogens (tertiary/aromatic N) is 2. The average Bonchev–Trinajstić information content (AvgIpc) is 2.81. The number of aliphatic imine (C=N–C) groups is 1. The van der Waals surface area contributed by atoms with Crippen LogP contribution in [-0.4, -0.2) is 42.3 Å². The van der Waals surface area contributed by atoms with Crippen molar-refractivity contribution in [3.63, 3.8) is 0 Å². The van der Waals surface area contributed by atoms with Crippen LogP contribution in [0.15, 0.2) is 29.3 Å². The summed E-state index contributed by atoms with van der Waals surface area (Å²) < 4.78 is 23.7. The molecule has 21 heavy (non-hydrogen) atoms. The Hall–Kier alpha value is -1.05. The topological polar surface area (TPSA) is 66.8 Å². The number of benzene rings is 1. The van der Waals surface area contributed by atoms with Crippen LogP contribution in [0, 0.1) is 0 Å². The monoisotopic (exact) mass is 344 g/mol. The molecular weight excluding hydrogens is 332 g/mol. The van der Waals surface area contributed by atoms with Crippen molar-refractivity contribution in [2.75, 3.05) is 16.4 Å². The van der Waals surface area contributed by atoms with Crippen LogP contribution >= 0.6 is 23.4 Å². The Morgan fingerprint density at radius 2 is 2.10 bits per heavy atom. The predicted molar refractivity (Wildman–Crippen MR) is 85.9 cm³/mol. The number of anilines is 1. The van der Waals surface area contributed by atoms with Gasteiger partial charge in [0.1, 0.15) is 0 Å². The minimum absolute atomic E-state index is 0.0623. The first kappa shape index (κ1) is 14.9. The van der Waals surface area contributed by atoms with E-state index < -0.39 is 9.84 Å². The average molecular weight is 345 g/mol. The van der Waals surface area contributed by atoms with Crippen LogP contribution < -0.4 is 4.90 Å². The maximum absolute atomic E-state index is 11.9. The van der Waals surface area contributed by atoms with Gasteiger partial charge in [0.05, 0.1) is 28.3 Å². The zero-order valence-corrected chi connectivity index (χ0v) is 13.6. The first-order valence-electron chi connectivity index (χ1n) is 6.37. The zero-order valence-electron chi connectivity index (χ0n) is 11.2. The van der Waals surface area contributed by atoms with Crippen LogP contribution in [0.25, 0.3) is 0 Å². The van der Waals surface area contributed by atoms with Crippen molar-refractivity contribution < 1.29 is 13.2 Å². The van der Waals surface area contributed by atoms with Gasteiger partial charge in [-0.25, -0.2) is 8.42 Å². The molecule has 0 N–H and O–H groups in total. The molecule has 1 amide bonds. The lowest BCUT2D eigenvalue weighted by Gasteiger charge is -2.25. The maximum atomic E-state index is 11.9. The van der Waals surface area contributed by atoms with E-state index in [1.54, 1.807) is 17.0 Å². The van der Waals surface area contributed by atoms with Gasteiger partial charge in [-0.3, -0.25) is 4.79 Å². The number of sulfone groups is 1. The summed E-state index contributed by atoms with van der Waals surface area (Å²) in [4.78, 5) is 17.1. The summed E-state index contributed by atoms with van der Waals surface area (Å²) in [5.74, 6) is -0.134. The second kappa shape index (κ2) is 5.30. The largest absolute Gasteiger partial charge is 0.314 e. The molecule has 0 aliphatic carbocycles. The fourth-order valence-electron chi connectivity index (χ4n) is 2.63. The van der Waals surface area contributed by atoms with Crippen LogP contribution in [-0.2, 0) is 14.6 Å². The Morgan fingerprint density at radius 1 is 1.38 bits per heavy atom. The highest BCUT2D eigenvalue weighted by atomic mass is 35.5. The summed E-state index contributed by atoms with van der Waals surface area (Å²) in [6.07, 6.45) is 0. The molecule has 2 saturated heterocycles. The molecule has 0 aromatic heterocycles. The maximum Gasteiger partial charge on any atom is 0.244 e. The van der Waals surface area contributed by atoms with Crippen molar-refractivity contribution in [1.82, 2.24) is 0 Å². The number of carbonyl (C=O) groups excluding carboxylic acids is 1. The Morgan fingerprint density at radius 3 is 2.76 bits per heavy atom. The molecule has 0 radical (unpaired) electrons. The molecule has 112 valence electrons. The van der Waals surface area contributed by atoms with Crippen LogP contribution in [0.4, 0.5) is 5.69 Å². The summed E-state index contributed by atoms with van der Waals surface area (Å²) in [7, 11) is -3.06. The third-order valence-corrected chi connectivity index (χ3v) is 6.96. The van der Waals surface area contributed by atoms with Crippen molar-refractivity contribution in [2.45, 2.75) is 18.2 Å². The highest BCUT2D eigenvalue weighted by Crippen LogP contribution is 2.42. The Kier molecular flexibility index (Phi) is 3.75. The number of carbonyl (C=O) groups is 1. The quantitative estimate of drug-likeness (QED) is 0.779. The molecule has 1 aromatic carbocycles. The lowest BCUT2D eigenvalue weighted by atomic mass is 10.2. The van der Waals surface area contributed by atoms with E-state index in [0.717, 1.165) is 0 Å². The van der Waals surface area contributed by atoms with Crippen molar-refractivity contribution in [1.29, 1.82) is 0 Å². The summed E-state index contributed by atoms with van der Waals surface area (Å²) in [6.45, 7) is 1.38. The number of amides is 1. The third-order valence-electron chi connectivity index (χ3n) is 3.43. The van der Waals surface area contributed by atoms with E-state index in [1.807, 2.05) is 12.1 Å². The molecule has 2 fully saturated rings. The predicted octanol–water partition coefficient (Wildman–Crippen LogP) is 1.96. The third kappa shape index (κ3) is 2.82. The van der Waals surface area contributed by atoms with Gasteiger partial charge in [0.2, 0.25) is 5.91 Å². The molecule has 3 rings (SSSR count). The summed E-state index contributed by atoms with van der Waals surface area (Å²) in [5.41, 5.74) is 0.691. The van der Waals surface area contributed by atoms with Crippen LogP contribution in [0.1, 0.15) is 6.92 Å². The highest BCUT2D eigenvalue weighted by molar-refractivity contribution is 8.16. The van der Waals surface area contributed by atoms with Crippen molar-refractivity contribution in [3.8, 4) is 0 Å². The van der Waals surface area contributed by atoms with E-state index in [9.17, 15) is 13.2 Å². The van der Waals surface area contributed by atoms with E-state index in [-0.39, 0.29) is 28.7 Å². The van der Waals surface area contributed by atoms with Gasteiger partial charge in [-0.05, 0) is 12.1 Å². The summed E-state index contributed by atoms with van der Waals surface area (Å²) in [6, 6.07) is 6.96. The first-order chi connectivity index (χ1) is 9.87. The van der Waals surface area contributed by atoms with Gasteiger partial charge in [-0.1, -0.05) is 35.5 Å². The number of fused-ring (bicyclic) bond motifs is 1. The number of rotatable bonds is 1. The van der Waals surface area contributed by atoms with Gasteiger partial charge < -0.3 is 4.90 Å². The second-order valence-corrected chi connectivity index (χ2v) is 8.80. The molecule has 2 atom stereocenters. The minimum Gasteiger partial charge on any atom is -0.314 e.